The molecule has 0 saturated carbocycles. The molecule has 0 saturated heterocycles. The number of rotatable bonds is 9. The van der Waals surface area contributed by atoms with Gasteiger partial charge in [-0.15, -0.1) is 10.2 Å². The molecule has 1 aromatic heterocycles. The molecule has 10 nitrogen and oxygen atoms in total. The first-order valence-electron chi connectivity index (χ1n) is 12.2. The zero-order chi connectivity index (χ0) is 27.6. The first kappa shape index (κ1) is 26.7. The predicted octanol–water partition coefficient (Wildman–Crippen LogP) is 4.42. The lowest BCUT2D eigenvalue weighted by Gasteiger charge is -2.21. The highest BCUT2D eigenvalue weighted by molar-refractivity contribution is 7.99. The molecule has 1 N–H and O–H groups in total. The van der Waals surface area contributed by atoms with Crippen LogP contribution < -0.4 is 14.8 Å². The Morgan fingerprint density at radius 1 is 1.03 bits per heavy atom. The second-order valence-corrected chi connectivity index (χ2v) is 12.0. The number of aromatic nitrogens is 3. The van der Waals surface area contributed by atoms with E-state index in [9.17, 15) is 13.2 Å². The summed E-state index contributed by atoms with van der Waals surface area (Å²) in [6.45, 7) is 3.79. The molecule has 1 aliphatic heterocycles. The van der Waals surface area contributed by atoms with Gasteiger partial charge in [-0.3, -0.25) is 9.36 Å². The molecule has 0 fully saturated rings. The molecule has 39 heavy (non-hydrogen) atoms. The number of nitrogens with one attached hydrogen (secondary N) is 1. The second kappa shape index (κ2) is 11.1. The van der Waals surface area contributed by atoms with E-state index in [4.69, 9.17) is 9.47 Å². The molecule has 4 aromatic rings. The van der Waals surface area contributed by atoms with Crippen LogP contribution in [0.1, 0.15) is 13.8 Å². The third-order valence-electron chi connectivity index (χ3n) is 6.15. The molecular weight excluding hydrogens is 538 g/mol. The normalized spacial score (nSPS) is 12.7. The Balaban J connectivity index is 1.32. The maximum absolute atomic E-state index is 12.8. The molecule has 1 aliphatic rings. The van der Waals surface area contributed by atoms with Gasteiger partial charge in [0, 0.05) is 30.0 Å². The standard InChI is InChI=1S/C27H27N5O5S2/c1-18(2)31(3)39(34,35)22-12-10-20(11-13-22)28-25(33)16-38-27-30-29-26(32(27)21-7-5-4-6-8-21)19-9-14-23-24(15-19)37-17-36-23/h4-15,18H,16-17H2,1-3H3,(H,28,33). The first-order valence-corrected chi connectivity index (χ1v) is 14.6. The average Bonchev–Trinajstić information content (AvgIpc) is 3.59. The highest BCUT2D eigenvalue weighted by Gasteiger charge is 2.23. The molecule has 0 aliphatic carbocycles. The van der Waals surface area contributed by atoms with Gasteiger partial charge in [-0.05, 0) is 68.4 Å². The summed E-state index contributed by atoms with van der Waals surface area (Å²) >= 11 is 1.24. The van der Waals surface area contributed by atoms with Crippen LogP contribution in [0.2, 0.25) is 0 Å². The molecule has 0 radical (unpaired) electrons. The van der Waals surface area contributed by atoms with Gasteiger partial charge >= 0.3 is 0 Å². The van der Waals surface area contributed by atoms with Crippen LogP contribution in [0, 0.1) is 0 Å². The molecule has 0 unspecified atom stereocenters. The number of amides is 1. The number of ether oxygens (including phenoxy) is 2. The molecular formula is C27H27N5O5S2. The van der Waals surface area contributed by atoms with Crippen molar-refractivity contribution in [3.05, 3.63) is 72.8 Å². The van der Waals surface area contributed by atoms with Gasteiger partial charge in [0.25, 0.3) is 0 Å². The lowest BCUT2D eigenvalue weighted by molar-refractivity contribution is -0.113. The highest BCUT2D eigenvalue weighted by Crippen LogP contribution is 2.37. The molecule has 202 valence electrons. The number of hydrogen-bond acceptors (Lipinski definition) is 8. The highest BCUT2D eigenvalue weighted by atomic mass is 32.2. The Labute approximate surface area is 231 Å². The van der Waals surface area contributed by atoms with Gasteiger partial charge < -0.3 is 14.8 Å². The van der Waals surface area contributed by atoms with Crippen molar-refractivity contribution >= 4 is 33.4 Å². The Bertz CT molecular complexity index is 1590. The van der Waals surface area contributed by atoms with E-state index in [0.29, 0.717) is 28.2 Å². The number of benzene rings is 3. The fraction of sp³-hybridized carbons (Fsp3) is 0.222. The molecule has 0 spiro atoms. The van der Waals surface area contributed by atoms with Crippen molar-refractivity contribution in [3.63, 3.8) is 0 Å². The van der Waals surface area contributed by atoms with Crippen LogP contribution in [0.3, 0.4) is 0 Å². The van der Waals surface area contributed by atoms with Gasteiger partial charge in [0.05, 0.1) is 10.6 Å². The number of nitrogens with zero attached hydrogens (tertiary/aromatic N) is 4. The minimum atomic E-state index is -3.60. The van der Waals surface area contributed by atoms with Crippen LogP contribution in [-0.2, 0) is 14.8 Å². The van der Waals surface area contributed by atoms with Crippen molar-refractivity contribution in [2.24, 2.45) is 0 Å². The van der Waals surface area contributed by atoms with Crippen molar-refractivity contribution in [1.82, 2.24) is 19.1 Å². The van der Waals surface area contributed by atoms with Gasteiger partial charge in [0.2, 0.25) is 22.7 Å². The molecule has 3 aromatic carbocycles. The van der Waals surface area contributed by atoms with Gasteiger partial charge in [0.15, 0.2) is 22.5 Å². The number of anilines is 1. The smallest absolute Gasteiger partial charge is 0.243 e. The fourth-order valence-corrected chi connectivity index (χ4v) is 6.00. The van der Waals surface area contributed by atoms with E-state index in [1.165, 1.54) is 28.2 Å². The lowest BCUT2D eigenvalue weighted by atomic mass is 10.2. The SMILES string of the molecule is CC(C)N(C)S(=O)(=O)c1ccc(NC(=O)CSc2nnc(-c3ccc4c(c3)OCO4)n2-c2ccccc2)cc1. The van der Waals surface area contributed by atoms with E-state index < -0.39 is 10.0 Å². The lowest BCUT2D eigenvalue weighted by Crippen LogP contribution is -2.33. The van der Waals surface area contributed by atoms with Gasteiger partial charge in [-0.2, -0.15) is 4.31 Å². The second-order valence-electron chi connectivity index (χ2n) is 9.02. The minimum Gasteiger partial charge on any atom is -0.454 e. The maximum Gasteiger partial charge on any atom is 0.243 e. The largest absolute Gasteiger partial charge is 0.454 e. The van der Waals surface area contributed by atoms with E-state index in [2.05, 4.69) is 15.5 Å². The average molecular weight is 566 g/mol. The van der Waals surface area contributed by atoms with Crippen LogP contribution in [-0.4, -0.2) is 59.0 Å². The number of sulfonamides is 1. The summed E-state index contributed by atoms with van der Waals surface area (Å²) < 4.78 is 39.5. The van der Waals surface area contributed by atoms with E-state index >= 15 is 0 Å². The molecule has 12 heteroatoms. The van der Waals surface area contributed by atoms with Crippen molar-refractivity contribution in [2.75, 3.05) is 24.9 Å². The van der Waals surface area contributed by atoms with E-state index in [1.54, 1.807) is 33.0 Å². The van der Waals surface area contributed by atoms with E-state index in [-0.39, 0.29) is 29.4 Å². The Hall–Kier alpha value is -3.87. The summed E-state index contributed by atoms with van der Waals surface area (Å²) in [5.74, 6) is 1.72. The van der Waals surface area contributed by atoms with Crippen LogP contribution in [0.4, 0.5) is 5.69 Å². The van der Waals surface area contributed by atoms with Crippen LogP contribution in [0.25, 0.3) is 17.1 Å². The number of carbonyl (C=O) groups is 1. The van der Waals surface area contributed by atoms with Crippen LogP contribution in [0.15, 0.2) is 82.8 Å². The third kappa shape index (κ3) is 5.63. The van der Waals surface area contributed by atoms with Crippen molar-refractivity contribution in [1.29, 1.82) is 0 Å². The van der Waals surface area contributed by atoms with Crippen molar-refractivity contribution in [2.45, 2.75) is 29.9 Å². The third-order valence-corrected chi connectivity index (χ3v) is 9.13. The Kier molecular flexibility index (Phi) is 7.60. The van der Waals surface area contributed by atoms with Gasteiger partial charge in [0.1, 0.15) is 0 Å². The first-order chi connectivity index (χ1) is 18.7. The number of thioether (sulfide) groups is 1. The summed E-state index contributed by atoms with van der Waals surface area (Å²) in [7, 11) is -2.06. The number of carbonyl (C=O) groups excluding carboxylic acids is 1. The van der Waals surface area contributed by atoms with E-state index in [0.717, 1.165) is 11.3 Å². The zero-order valence-electron chi connectivity index (χ0n) is 21.6. The summed E-state index contributed by atoms with van der Waals surface area (Å²) in [5.41, 5.74) is 2.14. The minimum absolute atomic E-state index is 0.0717. The Morgan fingerprint density at radius 2 is 1.74 bits per heavy atom. The van der Waals surface area contributed by atoms with E-state index in [1.807, 2.05) is 53.1 Å². The monoisotopic (exact) mass is 565 g/mol. The Morgan fingerprint density at radius 3 is 2.46 bits per heavy atom. The number of hydrogen-bond donors (Lipinski definition) is 1. The maximum atomic E-state index is 12.8. The quantitative estimate of drug-likeness (QED) is 0.297. The topological polar surface area (TPSA) is 116 Å². The number of para-hydroxylation sites is 1. The molecule has 2 heterocycles. The molecule has 0 atom stereocenters. The van der Waals surface area contributed by atoms with Gasteiger partial charge in [-0.1, -0.05) is 30.0 Å². The van der Waals surface area contributed by atoms with Crippen LogP contribution >= 0.6 is 11.8 Å². The molecule has 0 bridgehead atoms. The summed E-state index contributed by atoms with van der Waals surface area (Å²) in [5, 5.41) is 12.1. The molecule has 5 rings (SSSR count). The van der Waals surface area contributed by atoms with Gasteiger partial charge in [-0.25, -0.2) is 8.42 Å². The fourth-order valence-electron chi connectivity index (χ4n) is 3.88. The molecule has 1 amide bonds. The zero-order valence-corrected chi connectivity index (χ0v) is 23.2. The predicted molar refractivity (Wildman–Crippen MR) is 149 cm³/mol. The summed E-state index contributed by atoms with van der Waals surface area (Å²) in [6, 6.07) is 21.2. The summed E-state index contributed by atoms with van der Waals surface area (Å²) in [4.78, 5) is 12.9. The van der Waals surface area contributed by atoms with Crippen molar-refractivity contribution in [3.8, 4) is 28.6 Å². The van der Waals surface area contributed by atoms with Crippen LogP contribution in [0.5, 0.6) is 11.5 Å². The summed E-state index contributed by atoms with van der Waals surface area (Å²) in [6.07, 6.45) is 0. The number of fused-ring (bicyclic) bond motifs is 1. The van der Waals surface area contributed by atoms with Crippen molar-refractivity contribution < 1.29 is 22.7 Å².